The number of aliphatic carboxylic acids is 1. The molecule has 1 saturated heterocycles. The molecule has 4 nitrogen and oxygen atoms in total. The fourth-order valence-electron chi connectivity index (χ4n) is 2.23. The van der Waals surface area contributed by atoms with Gasteiger partial charge in [0.15, 0.2) is 0 Å². The molecule has 1 fully saturated rings. The zero-order valence-electron chi connectivity index (χ0n) is 10.7. The van der Waals surface area contributed by atoms with Crippen molar-refractivity contribution in [2.45, 2.75) is 6.18 Å². The second-order valence-corrected chi connectivity index (χ2v) is 4.71. The number of carbonyl (C=O) groups is 1. The molecule has 0 amide bonds. The van der Waals surface area contributed by atoms with Crippen molar-refractivity contribution >= 4 is 11.7 Å². The predicted octanol–water partition coefficient (Wildman–Crippen LogP) is 1.91. The molecule has 0 radical (unpaired) electrons. The van der Waals surface area contributed by atoms with E-state index < -0.39 is 17.7 Å². The van der Waals surface area contributed by atoms with Gasteiger partial charge in [0.2, 0.25) is 0 Å². The van der Waals surface area contributed by atoms with E-state index in [1.54, 1.807) is 11.0 Å². The van der Waals surface area contributed by atoms with Crippen molar-refractivity contribution in [3.63, 3.8) is 0 Å². The van der Waals surface area contributed by atoms with Gasteiger partial charge in [-0.25, -0.2) is 0 Å². The number of alkyl halides is 3. The average Bonchev–Trinajstić information content (AvgIpc) is 2.38. The van der Waals surface area contributed by atoms with Crippen LogP contribution in [0.15, 0.2) is 24.3 Å². The fraction of sp³-hybridized carbons (Fsp3) is 0.462. The number of benzene rings is 1. The van der Waals surface area contributed by atoms with Gasteiger partial charge in [0.05, 0.1) is 12.1 Å². The summed E-state index contributed by atoms with van der Waals surface area (Å²) in [6, 6.07) is 5.21. The monoisotopic (exact) mass is 288 g/mol. The molecule has 0 bridgehead atoms. The summed E-state index contributed by atoms with van der Waals surface area (Å²) in [5.74, 6) is -0.891. The van der Waals surface area contributed by atoms with Crippen LogP contribution in [-0.4, -0.2) is 48.7 Å². The third-order valence-corrected chi connectivity index (χ3v) is 3.27. The quantitative estimate of drug-likeness (QED) is 0.923. The average molecular weight is 288 g/mol. The van der Waals surface area contributed by atoms with Crippen molar-refractivity contribution in [3.05, 3.63) is 29.8 Å². The third kappa shape index (κ3) is 3.63. The van der Waals surface area contributed by atoms with Gasteiger partial charge in [0.1, 0.15) is 0 Å². The topological polar surface area (TPSA) is 43.8 Å². The molecular weight excluding hydrogens is 273 g/mol. The predicted molar refractivity (Wildman–Crippen MR) is 67.7 cm³/mol. The Morgan fingerprint density at radius 2 is 1.85 bits per heavy atom. The van der Waals surface area contributed by atoms with Gasteiger partial charge in [-0.05, 0) is 18.2 Å². The van der Waals surface area contributed by atoms with Crippen LogP contribution in [0.4, 0.5) is 18.9 Å². The van der Waals surface area contributed by atoms with E-state index in [1.807, 2.05) is 4.90 Å². The van der Waals surface area contributed by atoms with E-state index in [0.29, 0.717) is 31.9 Å². The van der Waals surface area contributed by atoms with Gasteiger partial charge in [-0.2, -0.15) is 13.2 Å². The fourth-order valence-corrected chi connectivity index (χ4v) is 2.23. The molecule has 0 aromatic heterocycles. The summed E-state index contributed by atoms with van der Waals surface area (Å²) >= 11 is 0. The van der Waals surface area contributed by atoms with Crippen molar-refractivity contribution < 1.29 is 23.1 Å². The highest BCUT2D eigenvalue weighted by Gasteiger charge is 2.31. The van der Waals surface area contributed by atoms with Gasteiger partial charge in [-0.1, -0.05) is 6.07 Å². The summed E-state index contributed by atoms with van der Waals surface area (Å²) in [6.45, 7) is 2.07. The van der Waals surface area contributed by atoms with Gasteiger partial charge in [0.25, 0.3) is 0 Å². The first kappa shape index (κ1) is 14.6. The van der Waals surface area contributed by atoms with E-state index >= 15 is 0 Å². The first-order valence-electron chi connectivity index (χ1n) is 6.22. The van der Waals surface area contributed by atoms with Crippen LogP contribution in [-0.2, 0) is 11.0 Å². The van der Waals surface area contributed by atoms with Gasteiger partial charge in [-0.3, -0.25) is 9.69 Å². The lowest BCUT2D eigenvalue weighted by atomic mass is 10.1. The highest BCUT2D eigenvalue weighted by molar-refractivity contribution is 5.69. The van der Waals surface area contributed by atoms with Crippen LogP contribution in [0.25, 0.3) is 0 Å². The number of piperazine rings is 1. The molecule has 1 N–H and O–H groups in total. The molecule has 110 valence electrons. The van der Waals surface area contributed by atoms with Gasteiger partial charge < -0.3 is 10.0 Å². The highest BCUT2D eigenvalue weighted by Crippen LogP contribution is 2.31. The molecule has 1 heterocycles. The number of nitrogens with zero attached hydrogens (tertiary/aromatic N) is 2. The Hall–Kier alpha value is -1.76. The Balaban J connectivity index is 2.02. The Morgan fingerprint density at radius 1 is 1.20 bits per heavy atom. The largest absolute Gasteiger partial charge is 0.480 e. The van der Waals surface area contributed by atoms with Gasteiger partial charge >= 0.3 is 12.1 Å². The normalized spacial score (nSPS) is 17.2. The van der Waals surface area contributed by atoms with E-state index in [4.69, 9.17) is 5.11 Å². The molecule has 2 rings (SSSR count). The smallest absolute Gasteiger partial charge is 0.416 e. The number of hydrogen-bond acceptors (Lipinski definition) is 3. The molecule has 0 saturated carbocycles. The van der Waals surface area contributed by atoms with Crippen molar-refractivity contribution in [1.82, 2.24) is 4.90 Å². The summed E-state index contributed by atoms with van der Waals surface area (Å²) in [6.07, 6.45) is -4.35. The van der Waals surface area contributed by atoms with Crippen LogP contribution in [0, 0.1) is 0 Å². The SMILES string of the molecule is O=C(O)CN1CCN(c2cccc(C(F)(F)F)c2)CC1. The maximum Gasteiger partial charge on any atom is 0.416 e. The zero-order chi connectivity index (χ0) is 14.8. The van der Waals surface area contributed by atoms with E-state index in [-0.39, 0.29) is 6.54 Å². The minimum atomic E-state index is -4.35. The number of carboxylic acids is 1. The first-order chi connectivity index (χ1) is 9.36. The van der Waals surface area contributed by atoms with Crippen LogP contribution in [0.3, 0.4) is 0 Å². The molecule has 1 aliphatic rings. The van der Waals surface area contributed by atoms with Crippen LogP contribution in [0.1, 0.15) is 5.56 Å². The molecule has 0 aliphatic carbocycles. The Labute approximate surface area is 114 Å². The summed E-state index contributed by atoms with van der Waals surface area (Å²) < 4.78 is 37.9. The standard InChI is InChI=1S/C13H15F3N2O2/c14-13(15,16)10-2-1-3-11(8-10)18-6-4-17(5-7-18)9-12(19)20/h1-3,8H,4-7,9H2,(H,19,20). The number of anilines is 1. The van der Waals surface area contributed by atoms with Crippen molar-refractivity contribution in [2.24, 2.45) is 0 Å². The second kappa shape index (κ2) is 5.70. The van der Waals surface area contributed by atoms with Crippen LogP contribution in [0.5, 0.6) is 0 Å². The van der Waals surface area contributed by atoms with Crippen LogP contribution in [0.2, 0.25) is 0 Å². The zero-order valence-corrected chi connectivity index (χ0v) is 10.7. The van der Waals surface area contributed by atoms with Crippen molar-refractivity contribution in [1.29, 1.82) is 0 Å². The lowest BCUT2D eigenvalue weighted by molar-refractivity contribution is -0.139. The third-order valence-electron chi connectivity index (χ3n) is 3.27. The van der Waals surface area contributed by atoms with E-state index in [0.717, 1.165) is 12.1 Å². The molecule has 1 aromatic carbocycles. The number of rotatable bonds is 3. The van der Waals surface area contributed by atoms with E-state index in [1.165, 1.54) is 6.07 Å². The van der Waals surface area contributed by atoms with E-state index in [2.05, 4.69) is 0 Å². The van der Waals surface area contributed by atoms with Crippen LogP contribution < -0.4 is 4.90 Å². The molecule has 20 heavy (non-hydrogen) atoms. The lowest BCUT2D eigenvalue weighted by Gasteiger charge is -2.35. The number of hydrogen-bond donors (Lipinski definition) is 1. The Bertz CT molecular complexity index is 483. The number of halogens is 3. The first-order valence-corrected chi connectivity index (χ1v) is 6.22. The van der Waals surface area contributed by atoms with Crippen molar-refractivity contribution in [2.75, 3.05) is 37.6 Å². The van der Waals surface area contributed by atoms with E-state index in [9.17, 15) is 18.0 Å². The minimum absolute atomic E-state index is 0.0313. The highest BCUT2D eigenvalue weighted by atomic mass is 19.4. The molecule has 0 spiro atoms. The summed E-state index contributed by atoms with van der Waals surface area (Å²) in [5.41, 5.74) is -0.141. The Morgan fingerprint density at radius 3 is 2.40 bits per heavy atom. The number of carboxylic acid groups (broad SMARTS) is 1. The van der Waals surface area contributed by atoms with Gasteiger partial charge in [-0.15, -0.1) is 0 Å². The molecule has 0 unspecified atom stereocenters. The maximum absolute atomic E-state index is 12.6. The lowest BCUT2D eigenvalue weighted by Crippen LogP contribution is -2.48. The summed E-state index contributed by atoms with van der Waals surface area (Å²) in [4.78, 5) is 14.2. The molecule has 7 heteroatoms. The second-order valence-electron chi connectivity index (χ2n) is 4.71. The maximum atomic E-state index is 12.6. The Kier molecular flexibility index (Phi) is 4.17. The molecule has 1 aliphatic heterocycles. The molecular formula is C13H15F3N2O2. The summed E-state index contributed by atoms with van der Waals surface area (Å²) in [5, 5.41) is 8.69. The van der Waals surface area contributed by atoms with Crippen LogP contribution >= 0.6 is 0 Å². The molecule has 0 atom stereocenters. The van der Waals surface area contributed by atoms with Crippen molar-refractivity contribution in [3.8, 4) is 0 Å². The summed E-state index contributed by atoms with van der Waals surface area (Å²) in [7, 11) is 0. The van der Waals surface area contributed by atoms with Gasteiger partial charge in [0, 0.05) is 31.9 Å². The molecule has 1 aromatic rings. The minimum Gasteiger partial charge on any atom is -0.480 e.